The zero-order chi connectivity index (χ0) is 18.6. The van der Waals surface area contributed by atoms with Crippen molar-refractivity contribution in [3.8, 4) is 0 Å². The van der Waals surface area contributed by atoms with Crippen molar-refractivity contribution in [1.29, 1.82) is 0 Å². The van der Waals surface area contributed by atoms with E-state index < -0.39 is 9.84 Å². The third-order valence-electron chi connectivity index (χ3n) is 4.34. The van der Waals surface area contributed by atoms with E-state index in [1.54, 1.807) is 18.3 Å². The van der Waals surface area contributed by atoms with Crippen molar-refractivity contribution in [2.45, 2.75) is 10.9 Å². The molecule has 1 amide bonds. The molecule has 2 N–H and O–H groups in total. The van der Waals surface area contributed by atoms with Gasteiger partial charge >= 0.3 is 0 Å². The Morgan fingerprint density at radius 1 is 1.30 bits per heavy atom. The lowest BCUT2D eigenvalue weighted by molar-refractivity contribution is -0.118. The Morgan fingerprint density at radius 2 is 2.04 bits per heavy atom. The summed E-state index contributed by atoms with van der Waals surface area (Å²) in [6.07, 6.45) is 4.72. The van der Waals surface area contributed by atoms with E-state index in [1.165, 1.54) is 12.1 Å². The monoisotopic (exact) mass is 410 g/mol. The summed E-state index contributed by atoms with van der Waals surface area (Å²) in [5.41, 5.74) is 1.65. The van der Waals surface area contributed by atoms with E-state index in [9.17, 15) is 13.2 Å². The second-order valence-electron chi connectivity index (χ2n) is 6.32. The minimum absolute atomic E-state index is 0. The average molecular weight is 411 g/mol. The zero-order valence-corrected chi connectivity index (χ0v) is 16.6. The number of carbonyl (C=O) groups is 1. The highest BCUT2D eigenvalue weighted by Gasteiger charge is 2.25. The first-order valence-electron chi connectivity index (χ1n) is 8.38. The van der Waals surface area contributed by atoms with Crippen LogP contribution in [-0.4, -0.2) is 56.6 Å². The molecule has 2 heterocycles. The second kappa shape index (κ2) is 9.27. The van der Waals surface area contributed by atoms with Crippen LogP contribution in [0.4, 0.5) is 5.69 Å². The van der Waals surface area contributed by atoms with Crippen LogP contribution in [0.3, 0.4) is 0 Å². The molecule has 1 saturated heterocycles. The van der Waals surface area contributed by atoms with Crippen molar-refractivity contribution in [2.24, 2.45) is 0 Å². The highest BCUT2D eigenvalue weighted by Crippen LogP contribution is 2.21. The van der Waals surface area contributed by atoms with E-state index in [4.69, 9.17) is 0 Å². The van der Waals surface area contributed by atoms with Gasteiger partial charge in [0.2, 0.25) is 5.91 Å². The number of hydrogen-bond donors (Lipinski definition) is 2. The molecule has 146 valence electrons. The highest BCUT2D eigenvalue weighted by molar-refractivity contribution is 7.90. The maximum atomic E-state index is 12.4. The fraction of sp³-hybridized carbons (Fsp3) is 0.333. The smallest absolute Gasteiger partial charge is 0.238 e. The number of nitrogens with one attached hydrogen (secondary N) is 2. The molecule has 1 aromatic heterocycles. The van der Waals surface area contributed by atoms with Crippen molar-refractivity contribution in [1.82, 2.24) is 15.2 Å². The van der Waals surface area contributed by atoms with Gasteiger partial charge in [-0.15, -0.1) is 12.4 Å². The Kier molecular flexibility index (Phi) is 7.32. The largest absolute Gasteiger partial charge is 0.325 e. The van der Waals surface area contributed by atoms with Crippen LogP contribution < -0.4 is 10.6 Å². The van der Waals surface area contributed by atoms with Crippen LogP contribution >= 0.6 is 12.4 Å². The number of carbonyl (C=O) groups excluding carboxylic acids is 1. The van der Waals surface area contributed by atoms with Gasteiger partial charge < -0.3 is 10.6 Å². The van der Waals surface area contributed by atoms with Crippen molar-refractivity contribution >= 4 is 33.8 Å². The summed E-state index contributed by atoms with van der Waals surface area (Å²) in [6, 6.07) is 10.2. The fourth-order valence-electron chi connectivity index (χ4n) is 3.01. The normalized spacial score (nSPS) is 17.7. The minimum Gasteiger partial charge on any atom is -0.325 e. The molecular weight excluding hydrogens is 388 g/mol. The molecule has 1 aromatic carbocycles. The average Bonchev–Trinajstić information content (AvgIpc) is 2.62. The number of sulfone groups is 1. The third kappa shape index (κ3) is 5.74. The number of nitrogens with zero attached hydrogens (tertiary/aromatic N) is 2. The number of hydrogen-bond acceptors (Lipinski definition) is 6. The van der Waals surface area contributed by atoms with Gasteiger partial charge in [-0.3, -0.25) is 14.7 Å². The lowest BCUT2D eigenvalue weighted by Gasteiger charge is -2.35. The summed E-state index contributed by atoms with van der Waals surface area (Å²) in [6.45, 7) is 2.62. The molecule has 1 fully saturated rings. The summed E-state index contributed by atoms with van der Waals surface area (Å²) in [4.78, 5) is 18.9. The molecule has 0 saturated carbocycles. The van der Waals surface area contributed by atoms with Gasteiger partial charge in [-0.25, -0.2) is 8.42 Å². The van der Waals surface area contributed by atoms with E-state index in [-0.39, 0.29) is 35.8 Å². The number of rotatable bonds is 5. The molecule has 1 aliphatic rings. The SMILES string of the molecule is CS(=O)(=O)c1ccc(NC(=O)CN2CCNCC2c2cccnc2)cc1.Cl. The van der Waals surface area contributed by atoms with Crippen LogP contribution in [0, 0.1) is 0 Å². The minimum atomic E-state index is -3.24. The Bertz CT molecular complexity index is 860. The molecule has 0 aliphatic carbocycles. The van der Waals surface area contributed by atoms with Crippen molar-refractivity contribution in [3.05, 3.63) is 54.4 Å². The first kappa shape index (κ1) is 21.3. The molecule has 7 nitrogen and oxygen atoms in total. The highest BCUT2D eigenvalue weighted by atomic mass is 35.5. The third-order valence-corrected chi connectivity index (χ3v) is 5.46. The molecule has 27 heavy (non-hydrogen) atoms. The first-order valence-corrected chi connectivity index (χ1v) is 10.3. The number of piperazine rings is 1. The Labute approximate surface area is 165 Å². The summed E-state index contributed by atoms with van der Waals surface area (Å²) >= 11 is 0. The van der Waals surface area contributed by atoms with Gasteiger partial charge in [-0.05, 0) is 35.9 Å². The predicted octanol–water partition coefficient (Wildman–Crippen LogP) is 1.49. The lowest BCUT2D eigenvalue weighted by Crippen LogP contribution is -2.48. The van der Waals surface area contributed by atoms with E-state index in [0.717, 1.165) is 31.5 Å². The molecule has 1 aliphatic heterocycles. The Balaban J connectivity index is 0.00000261. The van der Waals surface area contributed by atoms with Crippen molar-refractivity contribution in [2.75, 3.05) is 37.8 Å². The van der Waals surface area contributed by atoms with Crippen LogP contribution in [0.25, 0.3) is 0 Å². The van der Waals surface area contributed by atoms with Crippen molar-refractivity contribution < 1.29 is 13.2 Å². The lowest BCUT2D eigenvalue weighted by atomic mass is 10.1. The van der Waals surface area contributed by atoms with Gasteiger partial charge in [0.15, 0.2) is 9.84 Å². The van der Waals surface area contributed by atoms with Crippen LogP contribution in [-0.2, 0) is 14.6 Å². The molecule has 2 aromatic rings. The van der Waals surface area contributed by atoms with Crippen molar-refractivity contribution in [3.63, 3.8) is 0 Å². The number of halogens is 1. The maximum absolute atomic E-state index is 12.4. The standard InChI is InChI=1S/C18H22N4O3S.ClH/c1-26(24,25)16-6-4-15(5-7-16)21-18(23)13-22-10-9-20-12-17(22)14-3-2-8-19-11-14;/h2-8,11,17,20H,9-10,12-13H2,1H3,(H,21,23);1H. The molecule has 0 spiro atoms. The fourth-order valence-corrected chi connectivity index (χ4v) is 3.64. The van der Waals surface area contributed by atoms with E-state index >= 15 is 0 Å². The second-order valence-corrected chi connectivity index (χ2v) is 8.34. The van der Waals surface area contributed by atoms with E-state index in [2.05, 4.69) is 20.5 Å². The van der Waals surface area contributed by atoms with Gasteiger partial charge in [0, 0.05) is 50.0 Å². The van der Waals surface area contributed by atoms with Gasteiger partial charge in [0.25, 0.3) is 0 Å². The number of pyridine rings is 1. The number of amides is 1. The Hall–Kier alpha value is -2.00. The van der Waals surface area contributed by atoms with E-state index in [0.29, 0.717) is 5.69 Å². The molecule has 9 heteroatoms. The zero-order valence-electron chi connectivity index (χ0n) is 15.0. The van der Waals surface area contributed by atoms with Crippen LogP contribution in [0.1, 0.15) is 11.6 Å². The summed E-state index contributed by atoms with van der Waals surface area (Å²) in [5.74, 6) is -0.132. The molecular formula is C18H23ClN4O3S. The topological polar surface area (TPSA) is 91.4 Å². The predicted molar refractivity (Wildman–Crippen MR) is 107 cm³/mol. The molecule has 0 radical (unpaired) electrons. The summed E-state index contributed by atoms with van der Waals surface area (Å²) in [7, 11) is -3.24. The van der Waals surface area contributed by atoms with Gasteiger partial charge in [-0.2, -0.15) is 0 Å². The maximum Gasteiger partial charge on any atom is 0.238 e. The quantitative estimate of drug-likeness (QED) is 0.776. The molecule has 3 rings (SSSR count). The number of anilines is 1. The Morgan fingerprint density at radius 3 is 2.67 bits per heavy atom. The number of benzene rings is 1. The van der Waals surface area contributed by atoms with Crippen LogP contribution in [0.15, 0.2) is 53.7 Å². The van der Waals surface area contributed by atoms with Crippen LogP contribution in [0.2, 0.25) is 0 Å². The van der Waals surface area contributed by atoms with Gasteiger partial charge in [0.1, 0.15) is 0 Å². The summed E-state index contributed by atoms with van der Waals surface area (Å²) < 4.78 is 23.0. The molecule has 0 bridgehead atoms. The molecule has 1 unspecified atom stereocenters. The van der Waals surface area contributed by atoms with Gasteiger partial charge in [0.05, 0.1) is 11.4 Å². The van der Waals surface area contributed by atoms with Crippen LogP contribution in [0.5, 0.6) is 0 Å². The summed E-state index contributed by atoms with van der Waals surface area (Å²) in [5, 5.41) is 6.18. The van der Waals surface area contributed by atoms with Gasteiger partial charge in [-0.1, -0.05) is 6.07 Å². The molecule has 1 atom stereocenters. The first-order chi connectivity index (χ1) is 12.4. The number of aromatic nitrogens is 1. The van der Waals surface area contributed by atoms with E-state index in [1.807, 2.05) is 18.3 Å².